The molecule has 15 heavy (non-hydrogen) atoms. The van der Waals surface area contributed by atoms with Gasteiger partial charge in [-0.2, -0.15) is 0 Å². The summed E-state index contributed by atoms with van der Waals surface area (Å²) in [7, 11) is 0. The number of hydrogen-bond acceptors (Lipinski definition) is 3. The Labute approximate surface area is 96.1 Å². The largest absolute Gasteiger partial charge is 0.250 e. The highest BCUT2D eigenvalue weighted by Gasteiger charge is 2.23. The molecule has 0 aliphatic heterocycles. The van der Waals surface area contributed by atoms with Crippen molar-refractivity contribution >= 4 is 33.2 Å². The minimum Gasteiger partial charge on any atom is -0.250 e. The van der Waals surface area contributed by atoms with Crippen molar-refractivity contribution in [1.82, 2.24) is 9.97 Å². The van der Waals surface area contributed by atoms with E-state index in [0.717, 1.165) is 15.1 Å². The fraction of sp³-hybridized carbons (Fsp3) is 0.400. The zero-order chi connectivity index (χ0) is 11.1. The average Bonchev–Trinajstić information content (AvgIpc) is 2.64. The van der Waals surface area contributed by atoms with Gasteiger partial charge in [-0.3, -0.25) is 4.39 Å². The summed E-state index contributed by atoms with van der Waals surface area (Å²) in [6.45, 7) is 3.32. The van der Waals surface area contributed by atoms with Gasteiger partial charge in [0.2, 0.25) is 0 Å². The van der Waals surface area contributed by atoms with Crippen LogP contribution < -0.4 is 0 Å². The molecule has 0 bridgehead atoms. The van der Waals surface area contributed by atoms with Gasteiger partial charge in [-0.05, 0) is 6.07 Å². The number of hydrogen-bond donors (Lipinski definition) is 0. The highest BCUT2D eigenvalue weighted by Crippen LogP contribution is 2.35. The number of alkyl halides is 1. The average molecular weight is 245 g/mol. The van der Waals surface area contributed by atoms with Gasteiger partial charge >= 0.3 is 0 Å². The Morgan fingerprint density at radius 3 is 2.80 bits per heavy atom. The van der Waals surface area contributed by atoms with Gasteiger partial charge in [0.15, 0.2) is 0 Å². The Balaban J connectivity index is 2.62. The molecule has 2 aromatic heterocycles. The van der Waals surface area contributed by atoms with Gasteiger partial charge in [0, 0.05) is 15.7 Å². The second kappa shape index (κ2) is 3.68. The van der Waals surface area contributed by atoms with Crippen LogP contribution in [0.15, 0.2) is 12.4 Å². The molecule has 5 heteroatoms. The van der Waals surface area contributed by atoms with E-state index in [1.165, 1.54) is 17.7 Å². The van der Waals surface area contributed by atoms with Crippen LogP contribution in [-0.2, 0) is 5.41 Å². The van der Waals surface area contributed by atoms with Gasteiger partial charge in [-0.1, -0.05) is 25.4 Å². The minimum atomic E-state index is -0.477. The Bertz CT molecular complexity index is 495. The molecule has 0 saturated carbocycles. The first kappa shape index (κ1) is 10.8. The van der Waals surface area contributed by atoms with Crippen LogP contribution in [0.1, 0.15) is 18.7 Å². The summed E-state index contributed by atoms with van der Waals surface area (Å²) in [5.41, 5.74) is -0.477. The van der Waals surface area contributed by atoms with Crippen LogP contribution in [0.4, 0.5) is 4.39 Å². The number of nitrogens with zero attached hydrogens (tertiary/aromatic N) is 2. The molecule has 0 aliphatic rings. The molecule has 2 heterocycles. The summed E-state index contributed by atoms with van der Waals surface area (Å²) in [4.78, 5) is 9.77. The molecular weight excluding hydrogens is 235 g/mol. The summed E-state index contributed by atoms with van der Waals surface area (Å²) in [5.74, 6) is 0. The maximum absolute atomic E-state index is 12.8. The third-order valence-corrected chi connectivity index (χ3v) is 3.99. The van der Waals surface area contributed by atoms with Crippen molar-refractivity contribution in [3.8, 4) is 0 Å². The standard InChI is InChI=1S/C10H10ClFN2S/c1-10(2,4-12)7-3-6-8(11)13-5-14-9(6)15-7/h3,5H,4H2,1-2H3. The normalized spacial score (nSPS) is 12.3. The summed E-state index contributed by atoms with van der Waals surface area (Å²) < 4.78 is 12.8. The van der Waals surface area contributed by atoms with E-state index >= 15 is 0 Å². The van der Waals surface area contributed by atoms with Gasteiger partial charge in [0.25, 0.3) is 0 Å². The number of thiophene rings is 1. The summed E-state index contributed by atoms with van der Waals surface area (Å²) in [6, 6.07) is 1.88. The molecule has 2 aromatic rings. The molecule has 2 nitrogen and oxygen atoms in total. The Kier molecular flexibility index (Phi) is 2.64. The first-order valence-corrected chi connectivity index (χ1v) is 5.70. The Hall–Kier alpha value is -0.740. The monoisotopic (exact) mass is 244 g/mol. The lowest BCUT2D eigenvalue weighted by molar-refractivity contribution is 0.356. The lowest BCUT2D eigenvalue weighted by Gasteiger charge is -2.17. The number of aromatic nitrogens is 2. The van der Waals surface area contributed by atoms with E-state index in [2.05, 4.69) is 9.97 Å². The van der Waals surface area contributed by atoms with Crippen LogP contribution in [0, 0.1) is 0 Å². The number of fused-ring (bicyclic) bond motifs is 1. The third kappa shape index (κ3) is 1.84. The highest BCUT2D eigenvalue weighted by atomic mass is 35.5. The summed E-state index contributed by atoms with van der Waals surface area (Å²) >= 11 is 7.39. The molecule has 0 aromatic carbocycles. The first-order chi connectivity index (χ1) is 7.04. The molecule has 0 spiro atoms. The van der Waals surface area contributed by atoms with E-state index < -0.39 is 12.1 Å². The zero-order valence-electron chi connectivity index (χ0n) is 8.42. The minimum absolute atomic E-state index is 0.398. The predicted octanol–water partition coefficient (Wildman–Crippen LogP) is 3.59. The van der Waals surface area contributed by atoms with E-state index in [-0.39, 0.29) is 0 Å². The van der Waals surface area contributed by atoms with Crippen LogP contribution in [0.3, 0.4) is 0 Å². The van der Waals surface area contributed by atoms with Crippen molar-refractivity contribution in [3.05, 3.63) is 22.4 Å². The van der Waals surface area contributed by atoms with E-state index in [0.29, 0.717) is 5.15 Å². The fourth-order valence-corrected chi connectivity index (χ4v) is 2.55. The number of rotatable bonds is 2. The molecule has 0 fully saturated rings. The smallest absolute Gasteiger partial charge is 0.141 e. The predicted molar refractivity (Wildman–Crippen MR) is 61.4 cm³/mol. The topological polar surface area (TPSA) is 25.8 Å². The highest BCUT2D eigenvalue weighted by molar-refractivity contribution is 7.18. The second-order valence-electron chi connectivity index (χ2n) is 4.01. The maximum atomic E-state index is 12.8. The van der Waals surface area contributed by atoms with Crippen molar-refractivity contribution in [2.24, 2.45) is 0 Å². The summed E-state index contributed by atoms with van der Waals surface area (Å²) in [5, 5.41) is 1.23. The molecule has 2 rings (SSSR count). The van der Waals surface area contributed by atoms with Crippen molar-refractivity contribution in [2.45, 2.75) is 19.3 Å². The maximum Gasteiger partial charge on any atom is 0.141 e. The van der Waals surface area contributed by atoms with Crippen molar-refractivity contribution in [1.29, 1.82) is 0 Å². The van der Waals surface area contributed by atoms with Crippen molar-refractivity contribution < 1.29 is 4.39 Å². The van der Waals surface area contributed by atoms with Gasteiger partial charge in [-0.25, -0.2) is 9.97 Å². The van der Waals surface area contributed by atoms with E-state index in [1.807, 2.05) is 19.9 Å². The van der Waals surface area contributed by atoms with E-state index in [4.69, 9.17) is 11.6 Å². The lowest BCUT2D eigenvalue weighted by atomic mass is 9.93. The zero-order valence-corrected chi connectivity index (χ0v) is 9.99. The fourth-order valence-electron chi connectivity index (χ4n) is 1.23. The Morgan fingerprint density at radius 2 is 2.20 bits per heavy atom. The van der Waals surface area contributed by atoms with Crippen LogP contribution in [0.5, 0.6) is 0 Å². The molecule has 0 amide bonds. The quantitative estimate of drug-likeness (QED) is 0.755. The van der Waals surface area contributed by atoms with E-state index in [1.54, 1.807) is 0 Å². The molecule has 80 valence electrons. The molecule has 0 N–H and O–H groups in total. The van der Waals surface area contributed by atoms with Crippen LogP contribution in [-0.4, -0.2) is 16.6 Å². The van der Waals surface area contributed by atoms with E-state index in [9.17, 15) is 4.39 Å². The van der Waals surface area contributed by atoms with Gasteiger partial charge in [0.1, 0.15) is 16.3 Å². The van der Waals surface area contributed by atoms with Gasteiger partial charge < -0.3 is 0 Å². The van der Waals surface area contributed by atoms with Crippen molar-refractivity contribution in [2.75, 3.05) is 6.67 Å². The third-order valence-electron chi connectivity index (χ3n) is 2.28. The molecule has 0 atom stereocenters. The molecular formula is C10H10ClFN2S. The Morgan fingerprint density at radius 1 is 1.47 bits per heavy atom. The molecule has 0 aliphatic carbocycles. The van der Waals surface area contributed by atoms with Gasteiger partial charge in [0.05, 0.1) is 6.67 Å². The molecule has 0 unspecified atom stereocenters. The van der Waals surface area contributed by atoms with Crippen LogP contribution in [0.2, 0.25) is 5.15 Å². The first-order valence-electron chi connectivity index (χ1n) is 4.51. The second-order valence-corrected chi connectivity index (χ2v) is 5.40. The number of halogens is 2. The van der Waals surface area contributed by atoms with Crippen LogP contribution in [0.25, 0.3) is 10.2 Å². The van der Waals surface area contributed by atoms with Crippen LogP contribution >= 0.6 is 22.9 Å². The summed E-state index contributed by atoms with van der Waals surface area (Å²) in [6.07, 6.45) is 1.42. The molecule has 0 saturated heterocycles. The van der Waals surface area contributed by atoms with Crippen molar-refractivity contribution in [3.63, 3.8) is 0 Å². The molecule has 0 radical (unpaired) electrons. The SMILES string of the molecule is CC(C)(CF)c1cc2c(Cl)ncnc2s1. The van der Waals surface area contributed by atoms with Gasteiger partial charge in [-0.15, -0.1) is 11.3 Å². The lowest BCUT2D eigenvalue weighted by Crippen LogP contribution is -2.17.